The summed E-state index contributed by atoms with van der Waals surface area (Å²) in [5.41, 5.74) is 1.84. The lowest BCUT2D eigenvalue weighted by molar-refractivity contribution is -0.125. The third kappa shape index (κ3) is 4.13. The average molecular weight is 364 g/mol. The van der Waals surface area contributed by atoms with E-state index in [9.17, 15) is 9.59 Å². The first-order valence-corrected chi connectivity index (χ1v) is 9.00. The van der Waals surface area contributed by atoms with E-state index < -0.39 is 0 Å². The standard InChI is InChI=1S/C20H20N4O3/c25-18-5-4-15-10-14(11-22-20(15)23-18)3-6-19(26)24-9-7-17(13-24)27-16-2-1-8-21-12-16/h1-3,6,8,10-12,17H,4-5,7,9,13H2,(H,22,23,25). The van der Waals surface area contributed by atoms with Crippen LogP contribution in [0.4, 0.5) is 5.82 Å². The molecule has 7 nitrogen and oxygen atoms in total. The molecule has 2 aromatic rings. The summed E-state index contributed by atoms with van der Waals surface area (Å²) in [4.78, 5) is 33.9. The quantitative estimate of drug-likeness (QED) is 0.840. The summed E-state index contributed by atoms with van der Waals surface area (Å²) in [5, 5.41) is 2.75. The number of nitrogens with zero attached hydrogens (tertiary/aromatic N) is 3. The van der Waals surface area contributed by atoms with Crippen molar-refractivity contribution in [2.75, 3.05) is 18.4 Å². The van der Waals surface area contributed by atoms with Gasteiger partial charge in [-0.2, -0.15) is 0 Å². The third-order valence-electron chi connectivity index (χ3n) is 4.68. The molecule has 0 saturated carbocycles. The number of nitrogens with one attached hydrogen (secondary N) is 1. The number of rotatable bonds is 4. The molecular formula is C20H20N4O3. The summed E-state index contributed by atoms with van der Waals surface area (Å²) in [6.45, 7) is 1.23. The molecule has 27 heavy (non-hydrogen) atoms. The van der Waals surface area contributed by atoms with Gasteiger partial charge in [0, 0.05) is 37.9 Å². The van der Waals surface area contributed by atoms with Crippen LogP contribution in [0.1, 0.15) is 24.0 Å². The molecule has 2 amide bonds. The van der Waals surface area contributed by atoms with Crippen LogP contribution in [0, 0.1) is 0 Å². The van der Waals surface area contributed by atoms with Crippen LogP contribution in [-0.4, -0.2) is 45.9 Å². The second kappa shape index (κ2) is 7.57. The lowest BCUT2D eigenvalue weighted by atomic mass is 10.0. The van der Waals surface area contributed by atoms with Gasteiger partial charge in [0.25, 0.3) is 0 Å². The molecule has 4 heterocycles. The van der Waals surface area contributed by atoms with E-state index in [4.69, 9.17) is 4.74 Å². The minimum Gasteiger partial charge on any atom is -0.487 e. The van der Waals surface area contributed by atoms with Gasteiger partial charge in [0.05, 0.1) is 12.7 Å². The number of hydrogen-bond donors (Lipinski definition) is 1. The molecule has 1 fully saturated rings. The number of pyridine rings is 2. The SMILES string of the molecule is O=C1CCc2cc(C=CC(=O)N3CCC(Oc4cccnc4)C3)cnc2N1. The lowest BCUT2D eigenvalue weighted by Gasteiger charge is -2.16. The Kier molecular flexibility index (Phi) is 4.82. The zero-order valence-electron chi connectivity index (χ0n) is 14.8. The van der Waals surface area contributed by atoms with Gasteiger partial charge in [0.15, 0.2) is 0 Å². The van der Waals surface area contributed by atoms with E-state index in [0.717, 1.165) is 23.3 Å². The molecule has 1 atom stereocenters. The van der Waals surface area contributed by atoms with Gasteiger partial charge in [-0.05, 0) is 41.8 Å². The van der Waals surface area contributed by atoms with Crippen molar-refractivity contribution in [1.82, 2.24) is 14.9 Å². The Bertz CT molecular complexity index is 882. The number of amides is 2. The molecule has 0 bridgehead atoms. The fourth-order valence-electron chi connectivity index (χ4n) is 3.27. The van der Waals surface area contributed by atoms with Gasteiger partial charge in [-0.3, -0.25) is 14.6 Å². The van der Waals surface area contributed by atoms with Crippen molar-refractivity contribution in [1.29, 1.82) is 0 Å². The first-order valence-electron chi connectivity index (χ1n) is 9.00. The average Bonchev–Trinajstić information content (AvgIpc) is 3.15. The minimum absolute atomic E-state index is 0.00874. The number of aromatic nitrogens is 2. The first kappa shape index (κ1) is 17.2. The topological polar surface area (TPSA) is 84.4 Å². The van der Waals surface area contributed by atoms with Crippen molar-refractivity contribution >= 4 is 23.7 Å². The highest BCUT2D eigenvalue weighted by atomic mass is 16.5. The van der Waals surface area contributed by atoms with Crippen LogP contribution in [0.2, 0.25) is 0 Å². The number of likely N-dealkylation sites (tertiary alicyclic amines) is 1. The molecule has 0 radical (unpaired) electrons. The second-order valence-corrected chi connectivity index (χ2v) is 6.66. The Morgan fingerprint density at radius 2 is 2.26 bits per heavy atom. The number of fused-ring (bicyclic) bond motifs is 1. The summed E-state index contributed by atoms with van der Waals surface area (Å²) in [6, 6.07) is 5.65. The molecule has 2 aliphatic rings. The zero-order chi connectivity index (χ0) is 18.6. The predicted octanol–water partition coefficient (Wildman–Crippen LogP) is 2.05. The van der Waals surface area contributed by atoms with E-state index in [2.05, 4.69) is 15.3 Å². The molecule has 7 heteroatoms. The largest absolute Gasteiger partial charge is 0.487 e. The first-order chi connectivity index (χ1) is 13.2. The number of hydrogen-bond acceptors (Lipinski definition) is 5. The van der Waals surface area contributed by atoms with Crippen LogP contribution in [0.15, 0.2) is 42.9 Å². The minimum atomic E-state index is -0.0432. The Balaban J connectivity index is 1.35. The van der Waals surface area contributed by atoms with E-state index in [-0.39, 0.29) is 17.9 Å². The van der Waals surface area contributed by atoms with Crippen LogP contribution in [0.25, 0.3) is 6.08 Å². The summed E-state index contributed by atoms with van der Waals surface area (Å²) < 4.78 is 5.86. The Morgan fingerprint density at radius 3 is 3.11 bits per heavy atom. The summed E-state index contributed by atoms with van der Waals surface area (Å²) in [7, 11) is 0. The Labute approximate surface area is 157 Å². The van der Waals surface area contributed by atoms with Gasteiger partial charge >= 0.3 is 0 Å². The zero-order valence-corrected chi connectivity index (χ0v) is 14.8. The Hall–Kier alpha value is -3.22. The molecule has 4 rings (SSSR count). The van der Waals surface area contributed by atoms with E-state index >= 15 is 0 Å². The molecule has 1 saturated heterocycles. The van der Waals surface area contributed by atoms with Crippen LogP contribution in [0.5, 0.6) is 5.75 Å². The van der Waals surface area contributed by atoms with Crippen LogP contribution in [0.3, 0.4) is 0 Å². The summed E-state index contributed by atoms with van der Waals surface area (Å²) in [6.07, 6.45) is 10.3. The highest BCUT2D eigenvalue weighted by Gasteiger charge is 2.26. The molecule has 1 unspecified atom stereocenters. The molecule has 2 aromatic heterocycles. The molecule has 138 valence electrons. The number of carbonyl (C=O) groups is 2. The molecule has 0 aromatic carbocycles. The third-order valence-corrected chi connectivity index (χ3v) is 4.68. The molecular weight excluding hydrogens is 344 g/mol. The Morgan fingerprint density at radius 1 is 1.33 bits per heavy atom. The van der Waals surface area contributed by atoms with E-state index in [1.54, 1.807) is 35.6 Å². The monoisotopic (exact) mass is 364 g/mol. The number of aryl methyl sites for hydroxylation is 1. The number of carbonyl (C=O) groups excluding carboxylic acids is 2. The van der Waals surface area contributed by atoms with Crippen molar-refractivity contribution in [3.05, 3.63) is 54.0 Å². The second-order valence-electron chi connectivity index (χ2n) is 6.66. The van der Waals surface area contributed by atoms with E-state index in [1.807, 2.05) is 18.2 Å². The van der Waals surface area contributed by atoms with Gasteiger partial charge in [0.2, 0.25) is 11.8 Å². The van der Waals surface area contributed by atoms with Crippen molar-refractivity contribution < 1.29 is 14.3 Å². The number of ether oxygens (including phenoxy) is 1. The van der Waals surface area contributed by atoms with Crippen molar-refractivity contribution in [2.45, 2.75) is 25.4 Å². The van der Waals surface area contributed by atoms with Gasteiger partial charge in [0.1, 0.15) is 17.7 Å². The highest BCUT2D eigenvalue weighted by molar-refractivity contribution is 5.93. The van der Waals surface area contributed by atoms with Gasteiger partial charge in [-0.25, -0.2) is 4.98 Å². The normalized spacial score (nSPS) is 19.0. The van der Waals surface area contributed by atoms with E-state index in [1.165, 1.54) is 0 Å². The van der Waals surface area contributed by atoms with Gasteiger partial charge in [-0.15, -0.1) is 0 Å². The van der Waals surface area contributed by atoms with Crippen LogP contribution in [-0.2, 0) is 16.0 Å². The molecule has 0 spiro atoms. The van der Waals surface area contributed by atoms with Crippen molar-refractivity contribution in [3.8, 4) is 5.75 Å². The van der Waals surface area contributed by atoms with Crippen LogP contribution >= 0.6 is 0 Å². The maximum atomic E-state index is 12.4. The smallest absolute Gasteiger partial charge is 0.246 e. The van der Waals surface area contributed by atoms with Crippen molar-refractivity contribution in [2.24, 2.45) is 0 Å². The fourth-order valence-corrected chi connectivity index (χ4v) is 3.27. The molecule has 1 N–H and O–H groups in total. The lowest BCUT2D eigenvalue weighted by Crippen LogP contribution is -2.29. The number of anilines is 1. The van der Waals surface area contributed by atoms with Gasteiger partial charge in [-0.1, -0.05) is 0 Å². The molecule has 0 aliphatic carbocycles. The maximum absolute atomic E-state index is 12.4. The fraction of sp³-hybridized carbons (Fsp3) is 0.300. The maximum Gasteiger partial charge on any atom is 0.246 e. The highest BCUT2D eigenvalue weighted by Crippen LogP contribution is 2.22. The molecule has 2 aliphatic heterocycles. The van der Waals surface area contributed by atoms with Gasteiger partial charge < -0.3 is 15.0 Å². The summed E-state index contributed by atoms with van der Waals surface area (Å²) in [5.74, 6) is 1.29. The predicted molar refractivity (Wildman–Crippen MR) is 100 cm³/mol. The summed E-state index contributed by atoms with van der Waals surface area (Å²) >= 11 is 0. The van der Waals surface area contributed by atoms with E-state index in [0.29, 0.717) is 31.7 Å². The van der Waals surface area contributed by atoms with Crippen LogP contribution < -0.4 is 10.1 Å². The van der Waals surface area contributed by atoms with Crippen molar-refractivity contribution in [3.63, 3.8) is 0 Å².